The van der Waals surface area contributed by atoms with Gasteiger partial charge in [-0.2, -0.15) is 0 Å². The lowest BCUT2D eigenvalue weighted by Gasteiger charge is -2.20. The molecule has 0 heterocycles. The third-order valence-corrected chi connectivity index (χ3v) is 3.53. The van der Waals surface area contributed by atoms with Gasteiger partial charge in [-0.25, -0.2) is 13.6 Å². The smallest absolute Gasteiger partial charge is 0.412 e. The van der Waals surface area contributed by atoms with Crippen LogP contribution in [0, 0.1) is 11.6 Å². The summed E-state index contributed by atoms with van der Waals surface area (Å²) < 4.78 is 33.5. The number of carbonyl (C=O) groups is 2. The van der Waals surface area contributed by atoms with Crippen molar-refractivity contribution in [3.63, 3.8) is 0 Å². The third-order valence-electron chi connectivity index (χ3n) is 3.20. The van der Waals surface area contributed by atoms with Crippen molar-refractivity contribution >= 4 is 40.7 Å². The molecule has 27 heavy (non-hydrogen) atoms. The molecule has 0 fully saturated rings. The number of amides is 2. The first-order chi connectivity index (χ1) is 12.5. The standard InChI is InChI=1S/C18H18ClF2N3O3/c1-18(2,3)27-17(26)24-15-12(20)7-5-10(14(15)21)16(25)23-13-8-9(22)4-6-11(13)19/h4-8H,22H2,1-3H3,(H,23,25)(H,24,26). The maximum Gasteiger partial charge on any atom is 0.412 e. The fourth-order valence-electron chi connectivity index (χ4n) is 2.08. The van der Waals surface area contributed by atoms with Gasteiger partial charge in [0.05, 0.1) is 16.3 Å². The largest absolute Gasteiger partial charge is 0.444 e. The van der Waals surface area contributed by atoms with Crippen molar-refractivity contribution in [2.24, 2.45) is 0 Å². The number of ether oxygens (including phenoxy) is 1. The van der Waals surface area contributed by atoms with Gasteiger partial charge in [-0.1, -0.05) is 11.6 Å². The molecule has 0 radical (unpaired) electrons. The lowest BCUT2D eigenvalue weighted by atomic mass is 10.1. The summed E-state index contributed by atoms with van der Waals surface area (Å²) in [6.45, 7) is 4.79. The minimum Gasteiger partial charge on any atom is -0.444 e. The molecule has 0 atom stereocenters. The molecule has 4 N–H and O–H groups in total. The lowest BCUT2D eigenvalue weighted by molar-refractivity contribution is 0.0634. The molecule has 9 heteroatoms. The van der Waals surface area contributed by atoms with Crippen molar-refractivity contribution in [1.82, 2.24) is 0 Å². The van der Waals surface area contributed by atoms with E-state index in [1.54, 1.807) is 20.8 Å². The van der Waals surface area contributed by atoms with Crippen LogP contribution in [0.2, 0.25) is 5.02 Å². The summed E-state index contributed by atoms with van der Waals surface area (Å²) in [6.07, 6.45) is -1.06. The molecule has 2 rings (SSSR count). The van der Waals surface area contributed by atoms with E-state index in [9.17, 15) is 18.4 Å². The molecule has 0 spiro atoms. The number of nitrogens with one attached hydrogen (secondary N) is 2. The summed E-state index contributed by atoms with van der Waals surface area (Å²) in [7, 11) is 0. The summed E-state index contributed by atoms with van der Waals surface area (Å²) in [5.74, 6) is -3.21. The molecule has 0 aliphatic heterocycles. The van der Waals surface area contributed by atoms with Gasteiger partial charge in [-0.3, -0.25) is 10.1 Å². The van der Waals surface area contributed by atoms with Gasteiger partial charge in [0, 0.05) is 5.69 Å². The van der Waals surface area contributed by atoms with Gasteiger partial charge in [-0.15, -0.1) is 0 Å². The molecule has 0 aromatic heterocycles. The quantitative estimate of drug-likeness (QED) is 0.648. The van der Waals surface area contributed by atoms with E-state index in [4.69, 9.17) is 22.1 Å². The van der Waals surface area contributed by atoms with Gasteiger partial charge >= 0.3 is 6.09 Å². The van der Waals surface area contributed by atoms with Gasteiger partial charge < -0.3 is 15.8 Å². The molecule has 6 nitrogen and oxygen atoms in total. The zero-order chi connectivity index (χ0) is 20.4. The topological polar surface area (TPSA) is 93.4 Å². The number of anilines is 3. The fraction of sp³-hybridized carbons (Fsp3) is 0.222. The molecular weight excluding hydrogens is 380 g/mol. The molecule has 0 saturated carbocycles. The number of nitrogens with two attached hydrogens (primary N) is 1. The van der Waals surface area contributed by atoms with Crippen molar-refractivity contribution < 1.29 is 23.1 Å². The van der Waals surface area contributed by atoms with E-state index >= 15 is 0 Å². The van der Waals surface area contributed by atoms with Crippen LogP contribution in [0.1, 0.15) is 31.1 Å². The normalized spacial score (nSPS) is 11.0. The highest BCUT2D eigenvalue weighted by atomic mass is 35.5. The van der Waals surface area contributed by atoms with Crippen LogP contribution in [0.3, 0.4) is 0 Å². The molecule has 0 aliphatic carbocycles. The predicted molar refractivity (Wildman–Crippen MR) is 100 cm³/mol. The Morgan fingerprint density at radius 3 is 2.41 bits per heavy atom. The summed E-state index contributed by atoms with van der Waals surface area (Å²) in [6, 6.07) is 6.18. The van der Waals surface area contributed by atoms with Crippen molar-refractivity contribution in [2.45, 2.75) is 26.4 Å². The van der Waals surface area contributed by atoms with E-state index in [0.717, 1.165) is 12.1 Å². The van der Waals surface area contributed by atoms with Gasteiger partial charge in [-0.05, 0) is 51.1 Å². The maximum absolute atomic E-state index is 14.6. The Bertz CT molecular complexity index is 898. The molecule has 2 aromatic rings. The molecule has 144 valence electrons. The molecule has 0 saturated heterocycles. The van der Waals surface area contributed by atoms with Gasteiger partial charge in [0.25, 0.3) is 5.91 Å². The molecule has 0 bridgehead atoms. The number of benzene rings is 2. The lowest BCUT2D eigenvalue weighted by Crippen LogP contribution is -2.28. The first kappa shape index (κ1) is 20.4. The molecule has 0 unspecified atom stereocenters. The Hall–Kier alpha value is -2.87. The number of hydrogen-bond donors (Lipinski definition) is 3. The van der Waals surface area contributed by atoms with E-state index in [1.807, 2.05) is 5.32 Å². The summed E-state index contributed by atoms with van der Waals surface area (Å²) in [4.78, 5) is 24.1. The highest BCUT2D eigenvalue weighted by molar-refractivity contribution is 6.34. The SMILES string of the molecule is CC(C)(C)OC(=O)Nc1c(F)ccc(C(=O)Nc2cc(N)ccc2Cl)c1F. The highest BCUT2D eigenvalue weighted by Gasteiger charge is 2.23. The summed E-state index contributed by atoms with van der Waals surface area (Å²) in [5, 5.41) is 4.55. The van der Waals surface area contributed by atoms with E-state index in [2.05, 4.69) is 5.32 Å². The average Bonchev–Trinajstić information content (AvgIpc) is 2.53. The third kappa shape index (κ3) is 5.30. The summed E-state index contributed by atoms with van der Waals surface area (Å²) >= 11 is 5.96. The molecule has 2 aromatic carbocycles. The van der Waals surface area contributed by atoms with Crippen molar-refractivity contribution in [2.75, 3.05) is 16.4 Å². The second-order valence-corrected chi connectivity index (χ2v) is 7.01. The fourth-order valence-corrected chi connectivity index (χ4v) is 2.24. The van der Waals surface area contributed by atoms with Gasteiger partial charge in [0.1, 0.15) is 17.1 Å². The maximum atomic E-state index is 14.6. The van der Waals surface area contributed by atoms with Gasteiger partial charge in [0.2, 0.25) is 0 Å². The Kier molecular flexibility index (Phi) is 5.90. The van der Waals surface area contributed by atoms with Crippen LogP contribution in [-0.2, 0) is 4.74 Å². The Labute approximate surface area is 159 Å². The molecular formula is C18H18ClF2N3O3. The Balaban J connectivity index is 2.29. The molecule has 2 amide bonds. The predicted octanol–water partition coefficient (Wildman–Crippen LogP) is 4.80. The van der Waals surface area contributed by atoms with Crippen LogP contribution in [0.15, 0.2) is 30.3 Å². The second kappa shape index (κ2) is 7.79. The average molecular weight is 398 g/mol. The number of hydrogen-bond acceptors (Lipinski definition) is 4. The Morgan fingerprint density at radius 1 is 1.11 bits per heavy atom. The monoisotopic (exact) mass is 397 g/mol. The number of halogens is 3. The van der Waals surface area contributed by atoms with Crippen LogP contribution >= 0.6 is 11.6 Å². The number of nitrogen functional groups attached to an aromatic ring is 1. The minimum atomic E-state index is -1.25. The van der Waals surface area contributed by atoms with Crippen molar-refractivity contribution in [3.8, 4) is 0 Å². The Morgan fingerprint density at radius 2 is 1.78 bits per heavy atom. The first-order valence-electron chi connectivity index (χ1n) is 7.82. The van der Waals surface area contributed by atoms with Crippen LogP contribution in [0.5, 0.6) is 0 Å². The van der Waals surface area contributed by atoms with Crippen LogP contribution in [0.25, 0.3) is 0 Å². The first-order valence-corrected chi connectivity index (χ1v) is 8.20. The van der Waals surface area contributed by atoms with E-state index in [1.165, 1.54) is 18.2 Å². The minimum absolute atomic E-state index is 0.159. The van der Waals surface area contributed by atoms with E-state index in [0.29, 0.717) is 5.69 Å². The molecule has 0 aliphatic rings. The van der Waals surface area contributed by atoms with Crippen molar-refractivity contribution in [3.05, 3.63) is 52.6 Å². The van der Waals surface area contributed by atoms with Crippen molar-refractivity contribution in [1.29, 1.82) is 0 Å². The number of rotatable bonds is 3. The zero-order valence-electron chi connectivity index (χ0n) is 14.8. The summed E-state index contributed by atoms with van der Waals surface area (Å²) in [5.41, 5.74) is 3.96. The van der Waals surface area contributed by atoms with Crippen LogP contribution in [0.4, 0.5) is 30.6 Å². The van der Waals surface area contributed by atoms with Crippen LogP contribution in [-0.4, -0.2) is 17.6 Å². The van der Waals surface area contributed by atoms with Gasteiger partial charge in [0.15, 0.2) is 5.82 Å². The number of carbonyl (C=O) groups excluding carboxylic acids is 2. The zero-order valence-corrected chi connectivity index (χ0v) is 15.6. The second-order valence-electron chi connectivity index (χ2n) is 6.60. The van der Waals surface area contributed by atoms with Crippen LogP contribution < -0.4 is 16.4 Å². The highest BCUT2D eigenvalue weighted by Crippen LogP contribution is 2.27. The van der Waals surface area contributed by atoms with E-state index < -0.39 is 40.5 Å². The van der Waals surface area contributed by atoms with E-state index in [-0.39, 0.29) is 10.7 Å².